The minimum absolute atomic E-state index is 0.124. The topological polar surface area (TPSA) is 266 Å². The average Bonchev–Trinajstić information content (AvgIpc) is 3.07. The molecule has 0 unspecified atom stereocenters. The van der Waals surface area contributed by atoms with Crippen molar-refractivity contribution in [2.75, 3.05) is 46.6 Å². The second-order valence-corrected chi connectivity index (χ2v) is 11.3. The van der Waals surface area contributed by atoms with Crippen molar-refractivity contribution in [2.45, 2.75) is 102 Å². The number of carbonyl (C=O) groups is 7. The second kappa shape index (κ2) is 24.3. The number of nitrogens with zero attached hydrogens (tertiary/aromatic N) is 3. The number of hydrogen-bond acceptors (Lipinski definition) is 16. The molecule has 6 atom stereocenters. The summed E-state index contributed by atoms with van der Waals surface area (Å²) in [5.74, 6) is -5.66. The lowest BCUT2D eigenvalue weighted by molar-refractivity contribution is -0.313. The van der Waals surface area contributed by atoms with Crippen LogP contribution in [0.4, 0.5) is 0 Å². The van der Waals surface area contributed by atoms with E-state index in [-0.39, 0.29) is 32.1 Å². The minimum atomic E-state index is -2.35. The third-order valence-corrected chi connectivity index (χ3v) is 7.12. The average molecular weight is 742 g/mol. The van der Waals surface area contributed by atoms with Gasteiger partial charge in [0.15, 0.2) is 12.7 Å². The molecule has 1 aliphatic rings. The first-order valence-electron chi connectivity index (χ1n) is 16.3. The largest absolute Gasteiger partial charge is 0.465 e. The highest BCUT2D eigenvalue weighted by Crippen LogP contribution is 2.37. The molecule has 0 saturated carbocycles. The number of methoxy groups -OCH3 is 1. The van der Waals surface area contributed by atoms with Gasteiger partial charge in [0.25, 0.3) is 11.7 Å². The summed E-state index contributed by atoms with van der Waals surface area (Å²) >= 11 is 0. The van der Waals surface area contributed by atoms with Crippen molar-refractivity contribution in [3.63, 3.8) is 0 Å². The van der Waals surface area contributed by atoms with Crippen LogP contribution in [-0.4, -0.2) is 125 Å². The van der Waals surface area contributed by atoms with Crippen LogP contribution in [0.1, 0.15) is 66.2 Å². The van der Waals surface area contributed by atoms with E-state index in [9.17, 15) is 33.6 Å². The minimum Gasteiger partial charge on any atom is -0.465 e. The maximum absolute atomic E-state index is 13.4. The molecule has 0 aromatic rings. The lowest BCUT2D eigenvalue weighted by Gasteiger charge is -2.48. The zero-order valence-corrected chi connectivity index (χ0v) is 29.9. The molecule has 2 N–H and O–H groups in total. The summed E-state index contributed by atoms with van der Waals surface area (Å²) in [7, 11) is 1.04. The van der Waals surface area contributed by atoms with Gasteiger partial charge in [-0.3, -0.25) is 28.8 Å². The van der Waals surface area contributed by atoms with Crippen LogP contribution in [0.15, 0.2) is 5.11 Å². The van der Waals surface area contributed by atoms with Gasteiger partial charge in [-0.05, 0) is 18.4 Å². The van der Waals surface area contributed by atoms with Crippen molar-refractivity contribution in [1.82, 2.24) is 10.6 Å². The van der Waals surface area contributed by atoms with Crippen LogP contribution in [0, 0.1) is 12.3 Å². The van der Waals surface area contributed by atoms with Gasteiger partial charge < -0.3 is 48.5 Å². The number of carbonyl (C=O) groups excluding carboxylic acids is 7. The van der Waals surface area contributed by atoms with E-state index >= 15 is 0 Å². The number of hydrogen-bond donors (Lipinski definition) is 2. The van der Waals surface area contributed by atoms with Gasteiger partial charge in [-0.15, -0.1) is 6.42 Å². The smallest absolute Gasteiger partial charge is 0.366 e. The highest BCUT2D eigenvalue weighted by Gasteiger charge is 2.59. The van der Waals surface area contributed by atoms with Crippen molar-refractivity contribution in [1.29, 1.82) is 0 Å². The highest BCUT2D eigenvalue weighted by molar-refractivity contribution is 5.81. The first-order chi connectivity index (χ1) is 24.7. The van der Waals surface area contributed by atoms with Gasteiger partial charge in [0, 0.05) is 45.6 Å². The van der Waals surface area contributed by atoms with E-state index in [0.29, 0.717) is 32.2 Å². The van der Waals surface area contributed by atoms with Gasteiger partial charge in [0.05, 0.1) is 39.3 Å². The number of nitrogens with one attached hydrogen (secondary N) is 2. The predicted octanol–water partition coefficient (Wildman–Crippen LogP) is 0.531. The van der Waals surface area contributed by atoms with Crippen LogP contribution in [0.3, 0.4) is 0 Å². The SMILES string of the molecule is C#CCOCCNC(=O)CCCCCCO[C@]1(C(=O)OC)C[C@H](OC(C)=O)[C@@H](NC(=O)COC(C)=O)[C@H]([C@H](OC(C)=O)[C@@H](CN=[N+]=[N-])OC(C)=O)O1. The molecule has 0 spiro atoms. The van der Waals surface area contributed by atoms with Crippen LogP contribution >= 0.6 is 0 Å². The summed E-state index contributed by atoms with van der Waals surface area (Å²) in [6.45, 7) is 3.41. The van der Waals surface area contributed by atoms with E-state index in [4.69, 9.17) is 49.8 Å². The summed E-state index contributed by atoms with van der Waals surface area (Å²) in [6.07, 6.45) is 0.413. The van der Waals surface area contributed by atoms with Crippen LogP contribution < -0.4 is 10.6 Å². The molecule has 1 rings (SSSR count). The van der Waals surface area contributed by atoms with E-state index in [1.165, 1.54) is 0 Å². The molecule has 1 fully saturated rings. The van der Waals surface area contributed by atoms with Crippen LogP contribution in [-0.2, 0) is 71.5 Å². The monoisotopic (exact) mass is 741 g/mol. The summed E-state index contributed by atoms with van der Waals surface area (Å²) in [5, 5.41) is 8.65. The number of rotatable bonds is 23. The Hall–Kier alpha value is -4.96. The highest BCUT2D eigenvalue weighted by atomic mass is 16.7. The molecule has 0 aromatic carbocycles. The lowest BCUT2D eigenvalue weighted by atomic mass is 9.87. The Morgan fingerprint density at radius 1 is 0.962 bits per heavy atom. The van der Waals surface area contributed by atoms with Crippen molar-refractivity contribution in [3.8, 4) is 12.3 Å². The Bertz CT molecular complexity index is 1330. The van der Waals surface area contributed by atoms with E-state index in [2.05, 4.69) is 26.6 Å². The molecule has 1 saturated heterocycles. The van der Waals surface area contributed by atoms with Crippen LogP contribution in [0.5, 0.6) is 0 Å². The molecule has 0 aromatic heterocycles. The predicted molar refractivity (Wildman–Crippen MR) is 175 cm³/mol. The number of ether oxygens (including phenoxy) is 8. The summed E-state index contributed by atoms with van der Waals surface area (Å²) in [6, 6.07) is -1.48. The number of azide groups is 1. The van der Waals surface area contributed by atoms with E-state index < -0.39 is 91.6 Å². The Labute approximate surface area is 300 Å². The molecule has 52 heavy (non-hydrogen) atoms. The molecular formula is C32H47N5O15. The van der Waals surface area contributed by atoms with E-state index in [1.807, 2.05) is 0 Å². The first-order valence-corrected chi connectivity index (χ1v) is 16.3. The Morgan fingerprint density at radius 3 is 2.25 bits per heavy atom. The number of terminal acetylenes is 1. The molecule has 1 heterocycles. The molecule has 20 heteroatoms. The fourth-order valence-corrected chi connectivity index (χ4v) is 5.10. The standard InChI is InChI=1S/C32H47N5O15/c1-7-14-46-16-13-34-26(42)12-10-8-9-11-15-48-32(31(44)45-6)17-24(49-21(3)39)28(36-27(43)19-47-20(2)38)30(52-32)29(51-23(5)41)25(18-35-37-33)50-22(4)40/h1,24-25,28-30H,8-19H2,2-6H3,(H,34,42)(H,36,43)/t24-,25+,28+,29+,30+,32+/m0/s1. The summed E-state index contributed by atoms with van der Waals surface area (Å²) in [4.78, 5) is 89.3. The third-order valence-electron chi connectivity index (χ3n) is 7.12. The quantitative estimate of drug-likeness (QED) is 0.0275. The summed E-state index contributed by atoms with van der Waals surface area (Å²) in [5.41, 5.74) is 9.00. The molecule has 20 nitrogen and oxygen atoms in total. The normalized spacial score (nSPS) is 20.3. The molecular weight excluding hydrogens is 694 g/mol. The van der Waals surface area contributed by atoms with Gasteiger partial charge >= 0.3 is 29.8 Å². The maximum atomic E-state index is 13.4. The van der Waals surface area contributed by atoms with Crippen molar-refractivity contribution < 1.29 is 71.5 Å². The van der Waals surface area contributed by atoms with Gasteiger partial charge in [-0.2, -0.15) is 0 Å². The Balaban J connectivity index is 3.40. The Morgan fingerprint density at radius 2 is 1.65 bits per heavy atom. The summed E-state index contributed by atoms with van der Waals surface area (Å²) < 4.78 is 43.4. The lowest BCUT2D eigenvalue weighted by Crippen LogP contribution is -2.69. The molecule has 0 aliphatic carbocycles. The van der Waals surface area contributed by atoms with E-state index in [0.717, 1.165) is 34.8 Å². The molecule has 2 amide bonds. The molecule has 0 bridgehead atoms. The molecule has 1 aliphatic heterocycles. The maximum Gasteiger partial charge on any atom is 0.366 e. The fraction of sp³-hybridized carbons (Fsp3) is 0.719. The zero-order valence-electron chi connectivity index (χ0n) is 29.9. The van der Waals surface area contributed by atoms with Crippen molar-refractivity contribution in [2.24, 2.45) is 5.11 Å². The number of esters is 5. The van der Waals surface area contributed by atoms with Crippen LogP contribution in [0.2, 0.25) is 0 Å². The van der Waals surface area contributed by atoms with E-state index in [1.54, 1.807) is 0 Å². The number of amides is 2. The Kier molecular flexibility index (Phi) is 21.0. The molecule has 290 valence electrons. The molecule has 0 radical (unpaired) electrons. The van der Waals surface area contributed by atoms with Gasteiger partial charge in [-0.25, -0.2) is 4.79 Å². The van der Waals surface area contributed by atoms with Gasteiger partial charge in [0.2, 0.25) is 5.91 Å². The number of unbranched alkanes of at least 4 members (excludes halogenated alkanes) is 3. The second-order valence-electron chi connectivity index (χ2n) is 11.3. The first kappa shape index (κ1) is 45.1. The zero-order chi connectivity index (χ0) is 39.1. The third kappa shape index (κ3) is 16.8. The van der Waals surface area contributed by atoms with Crippen molar-refractivity contribution in [3.05, 3.63) is 10.4 Å². The van der Waals surface area contributed by atoms with Crippen molar-refractivity contribution >= 4 is 41.7 Å². The van der Waals surface area contributed by atoms with Gasteiger partial charge in [0.1, 0.15) is 24.9 Å². The fourth-order valence-electron chi connectivity index (χ4n) is 5.10. The van der Waals surface area contributed by atoms with Crippen LogP contribution in [0.25, 0.3) is 10.4 Å². The van der Waals surface area contributed by atoms with Gasteiger partial charge in [-0.1, -0.05) is 23.9 Å².